The predicted molar refractivity (Wildman–Crippen MR) is 128 cm³/mol. The lowest BCUT2D eigenvalue weighted by molar-refractivity contribution is -0.127. The Labute approximate surface area is 188 Å². The molecule has 0 bridgehead atoms. The third-order valence-corrected chi connectivity index (χ3v) is 4.69. The molecule has 1 aromatic heterocycles. The van der Waals surface area contributed by atoms with Crippen LogP contribution >= 0.6 is 35.7 Å². The van der Waals surface area contributed by atoms with Gasteiger partial charge in [-0.1, -0.05) is 24.3 Å². The van der Waals surface area contributed by atoms with Gasteiger partial charge in [0.1, 0.15) is 6.54 Å². The minimum Gasteiger partial charge on any atom is -0.356 e. The van der Waals surface area contributed by atoms with Gasteiger partial charge in [-0.15, -0.1) is 35.7 Å². The SMILES string of the molecule is CN(C)C(=O)CN=C(NCCSc1ccccc1)NCCc1ccccn1.I. The summed E-state index contributed by atoms with van der Waals surface area (Å²) >= 11 is 1.78. The van der Waals surface area contributed by atoms with E-state index in [4.69, 9.17) is 0 Å². The lowest BCUT2D eigenvalue weighted by atomic mass is 10.3. The van der Waals surface area contributed by atoms with Gasteiger partial charge in [0.15, 0.2) is 5.96 Å². The molecule has 0 atom stereocenters. The van der Waals surface area contributed by atoms with E-state index < -0.39 is 0 Å². The first-order valence-corrected chi connectivity index (χ1v) is 9.94. The summed E-state index contributed by atoms with van der Waals surface area (Å²) in [5.74, 6) is 1.53. The van der Waals surface area contributed by atoms with E-state index in [1.54, 1.807) is 37.0 Å². The largest absolute Gasteiger partial charge is 0.356 e. The van der Waals surface area contributed by atoms with E-state index in [-0.39, 0.29) is 36.4 Å². The maximum atomic E-state index is 11.8. The van der Waals surface area contributed by atoms with Crippen LogP contribution in [0.1, 0.15) is 5.69 Å². The van der Waals surface area contributed by atoms with Gasteiger partial charge in [-0.2, -0.15) is 0 Å². The summed E-state index contributed by atoms with van der Waals surface area (Å²) in [5.41, 5.74) is 1.02. The summed E-state index contributed by atoms with van der Waals surface area (Å²) in [4.78, 5) is 23.3. The van der Waals surface area contributed by atoms with Crippen LogP contribution in [0.2, 0.25) is 0 Å². The minimum atomic E-state index is -0.0283. The van der Waals surface area contributed by atoms with Crippen LogP contribution in [-0.4, -0.2) is 61.2 Å². The normalized spacial score (nSPS) is 10.7. The Morgan fingerprint density at radius 3 is 2.46 bits per heavy atom. The van der Waals surface area contributed by atoms with Crippen molar-refractivity contribution in [3.63, 3.8) is 0 Å². The predicted octanol–water partition coefficient (Wildman–Crippen LogP) is 2.66. The second-order valence-electron chi connectivity index (χ2n) is 6.04. The summed E-state index contributed by atoms with van der Waals surface area (Å²) in [6.45, 7) is 1.58. The minimum absolute atomic E-state index is 0. The average Bonchev–Trinajstić information content (AvgIpc) is 2.70. The number of pyridine rings is 1. The van der Waals surface area contributed by atoms with Crippen molar-refractivity contribution in [1.82, 2.24) is 20.5 Å². The van der Waals surface area contributed by atoms with E-state index in [1.807, 2.05) is 36.4 Å². The number of hydrogen-bond donors (Lipinski definition) is 2. The van der Waals surface area contributed by atoms with Crippen LogP contribution < -0.4 is 10.6 Å². The van der Waals surface area contributed by atoms with Crippen molar-refractivity contribution in [3.8, 4) is 0 Å². The molecule has 1 amide bonds. The first-order chi connectivity index (χ1) is 13.1. The van der Waals surface area contributed by atoms with E-state index >= 15 is 0 Å². The lowest BCUT2D eigenvalue weighted by Crippen LogP contribution is -2.40. The number of benzene rings is 1. The third kappa shape index (κ3) is 9.93. The molecule has 1 heterocycles. The highest BCUT2D eigenvalue weighted by Gasteiger charge is 2.05. The quantitative estimate of drug-likeness (QED) is 0.178. The molecule has 0 aliphatic heterocycles. The summed E-state index contributed by atoms with van der Waals surface area (Å²) in [6.07, 6.45) is 2.58. The van der Waals surface area contributed by atoms with Crippen LogP contribution in [0.5, 0.6) is 0 Å². The number of likely N-dealkylation sites (N-methyl/N-ethyl adjacent to an activating group) is 1. The van der Waals surface area contributed by atoms with Gasteiger partial charge in [-0.05, 0) is 24.3 Å². The molecule has 0 aliphatic carbocycles. The van der Waals surface area contributed by atoms with E-state index in [0.717, 1.165) is 24.4 Å². The number of nitrogens with one attached hydrogen (secondary N) is 2. The molecule has 0 radical (unpaired) electrons. The van der Waals surface area contributed by atoms with E-state index in [2.05, 4.69) is 32.7 Å². The Hall–Kier alpha value is -1.81. The number of carbonyl (C=O) groups is 1. The number of carbonyl (C=O) groups excluding carboxylic acids is 1. The lowest BCUT2D eigenvalue weighted by Gasteiger charge is -2.13. The average molecular weight is 513 g/mol. The van der Waals surface area contributed by atoms with Crippen molar-refractivity contribution in [2.24, 2.45) is 4.99 Å². The third-order valence-electron chi connectivity index (χ3n) is 3.68. The van der Waals surface area contributed by atoms with Gasteiger partial charge in [0.05, 0.1) is 0 Å². The Morgan fingerprint density at radius 1 is 1.07 bits per heavy atom. The zero-order valence-electron chi connectivity index (χ0n) is 16.3. The molecular formula is C20H28IN5OS. The number of rotatable bonds is 9. The van der Waals surface area contributed by atoms with Crippen molar-refractivity contribution in [2.45, 2.75) is 11.3 Å². The number of thioether (sulfide) groups is 1. The Balaban J connectivity index is 0.00000392. The molecule has 28 heavy (non-hydrogen) atoms. The zero-order chi connectivity index (χ0) is 19.3. The Morgan fingerprint density at radius 2 is 1.79 bits per heavy atom. The standard InChI is InChI=1S/C20H27N5OS.HI/c1-25(2)19(26)16-24-20(22-13-11-17-8-6-7-12-21-17)23-14-15-27-18-9-4-3-5-10-18;/h3-10,12H,11,13-16H2,1-2H3,(H2,22,23,24);1H. The molecule has 0 fully saturated rings. The number of hydrogen-bond acceptors (Lipinski definition) is 4. The van der Waals surface area contributed by atoms with Gasteiger partial charge in [0.2, 0.25) is 5.91 Å². The van der Waals surface area contributed by atoms with Gasteiger partial charge in [-0.25, -0.2) is 4.99 Å². The molecule has 2 rings (SSSR count). The highest BCUT2D eigenvalue weighted by Crippen LogP contribution is 2.15. The van der Waals surface area contributed by atoms with Gasteiger partial charge >= 0.3 is 0 Å². The maximum Gasteiger partial charge on any atom is 0.243 e. The van der Waals surface area contributed by atoms with Gasteiger partial charge in [-0.3, -0.25) is 9.78 Å². The Bertz CT molecular complexity index is 713. The number of guanidine groups is 1. The molecule has 152 valence electrons. The van der Waals surface area contributed by atoms with Crippen LogP contribution in [-0.2, 0) is 11.2 Å². The molecule has 0 aliphatic rings. The van der Waals surface area contributed by atoms with E-state index in [1.165, 1.54) is 4.90 Å². The molecular weight excluding hydrogens is 485 g/mol. The van der Waals surface area contributed by atoms with Gasteiger partial charge < -0.3 is 15.5 Å². The number of amides is 1. The smallest absolute Gasteiger partial charge is 0.243 e. The summed E-state index contributed by atoms with van der Waals surface area (Å²) < 4.78 is 0. The molecule has 2 N–H and O–H groups in total. The van der Waals surface area contributed by atoms with Gasteiger partial charge in [0.25, 0.3) is 0 Å². The number of halogens is 1. The van der Waals surface area contributed by atoms with Crippen molar-refractivity contribution in [2.75, 3.05) is 39.5 Å². The highest BCUT2D eigenvalue weighted by molar-refractivity contribution is 14.0. The van der Waals surface area contributed by atoms with Gasteiger partial charge in [0, 0.05) is 56.1 Å². The highest BCUT2D eigenvalue weighted by atomic mass is 127. The molecule has 0 unspecified atom stereocenters. The van der Waals surface area contributed by atoms with Crippen molar-refractivity contribution in [1.29, 1.82) is 0 Å². The van der Waals surface area contributed by atoms with Crippen LogP contribution in [0.4, 0.5) is 0 Å². The topological polar surface area (TPSA) is 69.6 Å². The second-order valence-corrected chi connectivity index (χ2v) is 7.21. The van der Waals surface area contributed by atoms with Crippen LogP contribution in [0, 0.1) is 0 Å². The zero-order valence-corrected chi connectivity index (χ0v) is 19.4. The fourth-order valence-corrected chi connectivity index (χ4v) is 2.96. The Kier molecular flexibility index (Phi) is 12.3. The van der Waals surface area contributed by atoms with Crippen molar-refractivity contribution < 1.29 is 4.79 Å². The van der Waals surface area contributed by atoms with E-state index in [0.29, 0.717) is 12.5 Å². The number of aliphatic imine (C=N–C) groups is 1. The second kappa shape index (κ2) is 14.2. The molecule has 8 heteroatoms. The molecule has 0 saturated heterocycles. The van der Waals surface area contributed by atoms with Crippen LogP contribution in [0.15, 0.2) is 64.6 Å². The summed E-state index contributed by atoms with van der Waals surface area (Å²) in [6, 6.07) is 16.2. The first kappa shape index (κ1) is 24.2. The number of aromatic nitrogens is 1. The molecule has 6 nitrogen and oxygen atoms in total. The van der Waals surface area contributed by atoms with E-state index in [9.17, 15) is 4.79 Å². The summed E-state index contributed by atoms with van der Waals surface area (Å²) in [7, 11) is 3.46. The number of nitrogens with zero attached hydrogens (tertiary/aromatic N) is 3. The maximum absolute atomic E-state index is 11.8. The molecule has 1 aromatic carbocycles. The van der Waals surface area contributed by atoms with Crippen molar-refractivity contribution >= 4 is 47.6 Å². The van der Waals surface area contributed by atoms with Crippen LogP contribution in [0.25, 0.3) is 0 Å². The summed E-state index contributed by atoms with van der Waals surface area (Å²) in [5, 5.41) is 6.58. The fourth-order valence-electron chi connectivity index (χ4n) is 2.17. The molecule has 0 saturated carbocycles. The molecule has 2 aromatic rings. The fraction of sp³-hybridized carbons (Fsp3) is 0.350. The van der Waals surface area contributed by atoms with Crippen LogP contribution in [0.3, 0.4) is 0 Å². The van der Waals surface area contributed by atoms with Crippen molar-refractivity contribution in [3.05, 3.63) is 60.4 Å². The molecule has 0 spiro atoms. The monoisotopic (exact) mass is 513 g/mol. The first-order valence-electron chi connectivity index (χ1n) is 8.95.